The average Bonchev–Trinajstić information content (AvgIpc) is 2.90. The van der Waals surface area contributed by atoms with Crippen molar-refractivity contribution in [1.82, 2.24) is 4.98 Å². The van der Waals surface area contributed by atoms with Crippen molar-refractivity contribution < 1.29 is 14.3 Å². The molecule has 29 heavy (non-hydrogen) atoms. The minimum absolute atomic E-state index is 0.139. The van der Waals surface area contributed by atoms with Crippen LogP contribution in [0.4, 0.5) is 11.4 Å². The van der Waals surface area contributed by atoms with Crippen LogP contribution in [0, 0.1) is 0 Å². The van der Waals surface area contributed by atoms with Gasteiger partial charge in [0.25, 0.3) is 0 Å². The number of hydrogen-bond acceptors (Lipinski definition) is 5. The molecule has 146 valence electrons. The largest absolute Gasteiger partial charge is 0.493 e. The van der Waals surface area contributed by atoms with Crippen molar-refractivity contribution in [3.8, 4) is 22.6 Å². The van der Waals surface area contributed by atoms with Gasteiger partial charge >= 0.3 is 0 Å². The van der Waals surface area contributed by atoms with Crippen LogP contribution >= 0.6 is 11.6 Å². The third-order valence-electron chi connectivity index (χ3n) is 4.63. The summed E-state index contributed by atoms with van der Waals surface area (Å²) in [6, 6.07) is 14.9. The Morgan fingerprint density at radius 2 is 1.69 bits per heavy atom. The van der Waals surface area contributed by atoms with Gasteiger partial charge in [0.1, 0.15) is 5.15 Å². The van der Waals surface area contributed by atoms with Crippen molar-refractivity contribution in [2.75, 3.05) is 19.5 Å². The van der Waals surface area contributed by atoms with Crippen molar-refractivity contribution >= 4 is 34.6 Å². The molecule has 1 aliphatic rings. The summed E-state index contributed by atoms with van der Waals surface area (Å²) in [6.45, 7) is 0. The molecule has 0 atom stereocenters. The average molecular weight is 408 g/mol. The van der Waals surface area contributed by atoms with E-state index < -0.39 is 0 Å². The predicted molar refractivity (Wildman–Crippen MR) is 114 cm³/mol. The number of carbonyl (C=O) groups is 1. The molecular formula is C22H18ClN3O3. The number of hydrogen-bond donors (Lipinski definition) is 1. The van der Waals surface area contributed by atoms with E-state index in [0.29, 0.717) is 33.7 Å². The predicted octanol–water partition coefficient (Wildman–Crippen LogP) is 4.88. The van der Waals surface area contributed by atoms with Gasteiger partial charge in [-0.2, -0.15) is 0 Å². The zero-order valence-corrected chi connectivity index (χ0v) is 16.7. The summed E-state index contributed by atoms with van der Waals surface area (Å²) in [6.07, 6.45) is 1.75. The number of anilines is 1. The van der Waals surface area contributed by atoms with Gasteiger partial charge in [-0.05, 0) is 47.5 Å². The van der Waals surface area contributed by atoms with Crippen molar-refractivity contribution in [3.05, 3.63) is 65.4 Å². The van der Waals surface area contributed by atoms with Crippen LogP contribution in [0.3, 0.4) is 0 Å². The molecule has 1 N–H and O–H groups in total. The van der Waals surface area contributed by atoms with Gasteiger partial charge in [-0.25, -0.2) is 4.98 Å². The normalized spacial score (nSPS) is 13.1. The van der Waals surface area contributed by atoms with Crippen LogP contribution < -0.4 is 14.8 Å². The lowest BCUT2D eigenvalue weighted by Gasteiger charge is -2.11. The summed E-state index contributed by atoms with van der Waals surface area (Å²) in [5.74, 6) is 1.16. The van der Waals surface area contributed by atoms with Gasteiger partial charge in [-0.15, -0.1) is 0 Å². The van der Waals surface area contributed by atoms with Gasteiger partial charge in [-0.1, -0.05) is 23.7 Å². The number of nitrogens with one attached hydrogen (secondary N) is 1. The molecule has 1 amide bonds. The standard InChI is InChI=1S/C22H18ClN3O3/c1-28-19-6-4-14(10-20(19)29-2)13-3-5-16-18(9-13)26-22(27)12-17(25-16)15-7-8-24-21(23)11-15/h3-11H,12H2,1-2H3,(H,26,27). The molecule has 3 aromatic rings. The van der Waals surface area contributed by atoms with Gasteiger partial charge in [0, 0.05) is 11.8 Å². The number of nitrogens with zero attached hydrogens (tertiary/aromatic N) is 2. The molecule has 1 aromatic heterocycles. The Morgan fingerprint density at radius 1 is 0.931 bits per heavy atom. The molecule has 0 radical (unpaired) electrons. The molecule has 2 heterocycles. The van der Waals surface area contributed by atoms with Crippen LogP contribution in [0.5, 0.6) is 11.5 Å². The first-order chi connectivity index (χ1) is 14.1. The van der Waals surface area contributed by atoms with E-state index in [2.05, 4.69) is 10.3 Å². The molecule has 2 aromatic carbocycles. The minimum atomic E-state index is -0.139. The SMILES string of the molecule is COc1ccc(-c2ccc3c(c2)NC(=O)CC(c2ccnc(Cl)c2)=N3)cc1OC. The van der Waals surface area contributed by atoms with E-state index >= 15 is 0 Å². The van der Waals surface area contributed by atoms with E-state index in [-0.39, 0.29) is 12.3 Å². The smallest absolute Gasteiger partial charge is 0.230 e. The van der Waals surface area contributed by atoms with Gasteiger partial charge in [0.05, 0.1) is 37.7 Å². The van der Waals surface area contributed by atoms with Crippen LogP contribution in [0.15, 0.2) is 59.7 Å². The number of aliphatic imine (C=N–C) groups is 1. The van der Waals surface area contributed by atoms with Gasteiger partial charge < -0.3 is 14.8 Å². The van der Waals surface area contributed by atoms with Crippen molar-refractivity contribution in [2.45, 2.75) is 6.42 Å². The van der Waals surface area contributed by atoms with E-state index in [1.54, 1.807) is 32.5 Å². The number of benzene rings is 2. The molecule has 0 fully saturated rings. The molecule has 0 spiro atoms. The Kier molecular flexibility index (Phi) is 5.18. The summed E-state index contributed by atoms with van der Waals surface area (Å²) < 4.78 is 10.7. The number of fused-ring (bicyclic) bond motifs is 1. The Labute approximate surface area is 173 Å². The highest BCUT2D eigenvalue weighted by Crippen LogP contribution is 2.37. The van der Waals surface area contributed by atoms with E-state index in [1.807, 2.05) is 36.4 Å². The first-order valence-corrected chi connectivity index (χ1v) is 9.31. The lowest BCUT2D eigenvalue weighted by Crippen LogP contribution is -2.15. The summed E-state index contributed by atoms with van der Waals surface area (Å²) in [4.78, 5) is 21.2. The number of carbonyl (C=O) groups excluding carboxylic acids is 1. The highest BCUT2D eigenvalue weighted by Gasteiger charge is 2.18. The van der Waals surface area contributed by atoms with E-state index in [0.717, 1.165) is 16.7 Å². The Bertz CT molecular complexity index is 1130. The number of ether oxygens (including phenoxy) is 2. The van der Waals surface area contributed by atoms with Crippen LogP contribution in [0.1, 0.15) is 12.0 Å². The van der Waals surface area contributed by atoms with E-state index in [1.165, 1.54) is 0 Å². The van der Waals surface area contributed by atoms with Gasteiger partial charge in [-0.3, -0.25) is 9.79 Å². The molecule has 1 aliphatic heterocycles. The van der Waals surface area contributed by atoms with Crippen LogP contribution in [0.25, 0.3) is 11.1 Å². The van der Waals surface area contributed by atoms with Crippen molar-refractivity contribution in [2.24, 2.45) is 4.99 Å². The monoisotopic (exact) mass is 407 g/mol. The summed E-state index contributed by atoms with van der Waals surface area (Å²) in [5.41, 5.74) is 4.62. The fourth-order valence-corrected chi connectivity index (χ4v) is 3.38. The summed E-state index contributed by atoms with van der Waals surface area (Å²) in [7, 11) is 3.20. The highest BCUT2D eigenvalue weighted by atomic mass is 35.5. The number of rotatable bonds is 4. The maximum absolute atomic E-state index is 12.5. The molecule has 7 heteroatoms. The summed E-state index contributed by atoms with van der Waals surface area (Å²) in [5, 5.41) is 3.30. The molecule has 0 unspecified atom stereocenters. The second-order valence-electron chi connectivity index (χ2n) is 6.45. The number of methoxy groups -OCH3 is 2. The first kappa shape index (κ1) is 19.0. The number of amides is 1. The molecule has 0 saturated carbocycles. The zero-order valence-electron chi connectivity index (χ0n) is 15.9. The Balaban J connectivity index is 1.75. The van der Waals surface area contributed by atoms with Gasteiger partial charge in [0.15, 0.2) is 11.5 Å². The second-order valence-corrected chi connectivity index (χ2v) is 6.84. The maximum Gasteiger partial charge on any atom is 0.230 e. The molecule has 6 nitrogen and oxygen atoms in total. The minimum Gasteiger partial charge on any atom is -0.493 e. The third kappa shape index (κ3) is 3.93. The molecule has 0 aliphatic carbocycles. The van der Waals surface area contributed by atoms with Crippen molar-refractivity contribution in [3.63, 3.8) is 0 Å². The van der Waals surface area contributed by atoms with Gasteiger partial charge in [0.2, 0.25) is 5.91 Å². The van der Waals surface area contributed by atoms with Crippen LogP contribution in [-0.2, 0) is 4.79 Å². The molecule has 4 rings (SSSR count). The van der Waals surface area contributed by atoms with Crippen LogP contribution in [-0.4, -0.2) is 30.8 Å². The number of aromatic nitrogens is 1. The number of pyridine rings is 1. The topological polar surface area (TPSA) is 72.8 Å². The quantitative estimate of drug-likeness (QED) is 0.625. The maximum atomic E-state index is 12.5. The van der Waals surface area contributed by atoms with E-state index in [9.17, 15) is 4.79 Å². The second kappa shape index (κ2) is 7.93. The first-order valence-electron chi connectivity index (χ1n) is 8.93. The zero-order chi connectivity index (χ0) is 20.4. The van der Waals surface area contributed by atoms with E-state index in [4.69, 9.17) is 26.1 Å². The molecular weight excluding hydrogens is 390 g/mol. The lowest BCUT2D eigenvalue weighted by atomic mass is 10.0. The third-order valence-corrected chi connectivity index (χ3v) is 4.84. The fourth-order valence-electron chi connectivity index (χ4n) is 3.21. The Hall–Kier alpha value is -3.38. The molecule has 0 bridgehead atoms. The molecule has 0 saturated heterocycles. The fraction of sp³-hybridized carbons (Fsp3) is 0.136. The lowest BCUT2D eigenvalue weighted by molar-refractivity contribution is -0.115. The summed E-state index contributed by atoms with van der Waals surface area (Å²) >= 11 is 5.99. The van der Waals surface area contributed by atoms with Crippen LogP contribution in [0.2, 0.25) is 5.15 Å². The number of halogens is 1. The van der Waals surface area contributed by atoms with Crippen molar-refractivity contribution in [1.29, 1.82) is 0 Å². The Morgan fingerprint density at radius 3 is 2.45 bits per heavy atom. The highest BCUT2D eigenvalue weighted by molar-refractivity contribution is 6.30.